The first-order chi connectivity index (χ1) is 8.00. The molecule has 1 aromatic carbocycles. The van der Waals surface area contributed by atoms with Gasteiger partial charge in [0.25, 0.3) is 0 Å². The Morgan fingerprint density at radius 3 is 2.24 bits per heavy atom. The normalized spacial score (nSPS) is 15.2. The Balaban J connectivity index is 2.60. The minimum absolute atomic E-state index is 0.138. The van der Waals surface area contributed by atoms with Crippen LogP contribution in [0.1, 0.15) is 5.56 Å². The third-order valence-corrected chi connectivity index (χ3v) is 5.21. The molecule has 0 bridgehead atoms. The maximum Gasteiger partial charge on any atom is 0.224 e. The number of hydrogen-bond donors (Lipinski definition) is 0. The number of aliphatic imine (C=N–C) groups is 1. The van der Waals surface area contributed by atoms with Crippen molar-refractivity contribution in [2.45, 2.75) is 0 Å². The molecule has 2 rings (SSSR count). The van der Waals surface area contributed by atoms with Crippen LogP contribution >= 0.6 is 43.5 Å². The van der Waals surface area contributed by atoms with Crippen molar-refractivity contribution in [2.75, 3.05) is 0 Å². The number of rotatable bonds is 1. The lowest BCUT2D eigenvalue weighted by Crippen LogP contribution is -2.13. The number of benzene rings is 1. The number of allylic oxidation sites excluding steroid dienone is 1. The summed E-state index contributed by atoms with van der Waals surface area (Å²) in [6, 6.07) is 6.82. The smallest absolute Gasteiger partial charge is 0.224 e. The summed E-state index contributed by atoms with van der Waals surface area (Å²) in [7, 11) is -2.36. The third-order valence-electron chi connectivity index (χ3n) is 2.09. The Hall–Kier alpha value is -0.430. The van der Waals surface area contributed by atoms with Gasteiger partial charge in [0.1, 0.15) is 9.47 Å². The molecular formula is C10H4Br2ClNO2S. The zero-order valence-corrected chi connectivity index (χ0v) is 12.9. The second kappa shape index (κ2) is 5.06. The topological polar surface area (TPSA) is 46.5 Å². The molecule has 0 radical (unpaired) electrons. The van der Waals surface area contributed by atoms with E-state index in [0.29, 0.717) is 25.4 Å². The van der Waals surface area contributed by atoms with E-state index in [1.807, 2.05) is 0 Å². The molecule has 17 heavy (non-hydrogen) atoms. The first kappa shape index (κ1) is 13.0. The molecule has 0 aromatic heterocycles. The van der Waals surface area contributed by atoms with Crippen molar-refractivity contribution in [3.05, 3.63) is 43.9 Å². The maximum absolute atomic E-state index is 11.2. The average molecular weight is 397 g/mol. The predicted octanol–water partition coefficient (Wildman–Crippen LogP) is 3.15. The van der Waals surface area contributed by atoms with Crippen molar-refractivity contribution in [1.82, 2.24) is 0 Å². The van der Waals surface area contributed by atoms with E-state index in [2.05, 4.69) is 36.9 Å². The van der Waals surface area contributed by atoms with Crippen LogP contribution < -0.4 is 0 Å². The third kappa shape index (κ3) is 2.54. The lowest BCUT2D eigenvalue weighted by molar-refractivity contribution is 0.627. The Kier molecular flexibility index (Phi) is 3.87. The van der Waals surface area contributed by atoms with Crippen molar-refractivity contribution >= 4 is 64.3 Å². The predicted molar refractivity (Wildman–Crippen MR) is 76.8 cm³/mol. The molecule has 88 valence electrons. The van der Waals surface area contributed by atoms with Crippen LogP contribution in [0.3, 0.4) is 0 Å². The van der Waals surface area contributed by atoms with Gasteiger partial charge in [0.2, 0.25) is 10.3 Å². The van der Waals surface area contributed by atoms with E-state index in [4.69, 9.17) is 11.6 Å². The Morgan fingerprint density at radius 2 is 1.71 bits per heavy atom. The highest BCUT2D eigenvalue weighted by Crippen LogP contribution is 2.29. The lowest BCUT2D eigenvalue weighted by Gasteiger charge is -2.00. The zero-order valence-electron chi connectivity index (χ0n) is 8.12. The Morgan fingerprint density at radius 1 is 1.12 bits per heavy atom. The van der Waals surface area contributed by atoms with Gasteiger partial charge in [-0.15, -0.1) is 0 Å². The molecule has 0 saturated heterocycles. The molecule has 1 heterocycles. The second-order valence-corrected chi connectivity index (χ2v) is 5.99. The van der Waals surface area contributed by atoms with E-state index < -0.39 is 10.3 Å². The average Bonchev–Trinajstić information content (AvgIpc) is 2.56. The van der Waals surface area contributed by atoms with Gasteiger partial charge in [-0.3, -0.25) is 0 Å². The van der Waals surface area contributed by atoms with Gasteiger partial charge in [0.15, 0.2) is 0 Å². The van der Waals surface area contributed by atoms with Gasteiger partial charge in [-0.1, -0.05) is 23.7 Å². The first-order valence-corrected chi connectivity index (χ1v) is 7.41. The summed E-state index contributed by atoms with van der Waals surface area (Å²) in [4.78, 5) is 4.30. The fraction of sp³-hybridized carbons (Fsp3) is 0. The van der Waals surface area contributed by atoms with Crippen LogP contribution in [-0.2, 0) is 10.3 Å². The van der Waals surface area contributed by atoms with Crippen LogP contribution in [0.25, 0.3) is 0 Å². The van der Waals surface area contributed by atoms with Gasteiger partial charge in [-0.05, 0) is 44.0 Å². The summed E-state index contributed by atoms with van der Waals surface area (Å²) in [6.07, 6.45) is 0. The van der Waals surface area contributed by atoms with Crippen molar-refractivity contribution in [2.24, 2.45) is 4.99 Å². The molecule has 0 fully saturated rings. The summed E-state index contributed by atoms with van der Waals surface area (Å²) >= 11 is 12.2. The van der Waals surface area contributed by atoms with Gasteiger partial charge in [-0.2, -0.15) is 8.42 Å². The molecule has 7 heteroatoms. The summed E-state index contributed by atoms with van der Waals surface area (Å²) in [5.41, 5.74) is 1.09. The highest BCUT2D eigenvalue weighted by molar-refractivity contribution is 9.14. The quantitative estimate of drug-likeness (QED) is 0.540. The first-order valence-electron chi connectivity index (χ1n) is 4.37. The number of hydrogen-bond acceptors (Lipinski definition) is 3. The SMILES string of the molecule is O=S(=O)=C1C(c2ccc(Cl)cc2)=NC(Br)=C1Br. The molecule has 0 aliphatic carbocycles. The monoisotopic (exact) mass is 395 g/mol. The number of halogens is 3. The fourth-order valence-corrected chi connectivity index (χ4v) is 3.22. The van der Waals surface area contributed by atoms with Gasteiger partial charge in [-0.25, -0.2) is 4.99 Å². The van der Waals surface area contributed by atoms with Crippen molar-refractivity contribution in [3.63, 3.8) is 0 Å². The minimum Gasteiger partial charge on any atom is -0.238 e. The molecule has 1 aromatic rings. The molecular weight excluding hydrogens is 393 g/mol. The van der Waals surface area contributed by atoms with Crippen LogP contribution in [0.15, 0.2) is 38.3 Å². The highest BCUT2D eigenvalue weighted by Gasteiger charge is 2.25. The molecule has 0 N–H and O–H groups in total. The molecule has 0 amide bonds. The second-order valence-electron chi connectivity index (χ2n) is 3.14. The summed E-state index contributed by atoms with van der Waals surface area (Å²) in [5.74, 6) is 0. The molecule has 1 aliphatic heterocycles. The van der Waals surface area contributed by atoms with Crippen LogP contribution in [0, 0.1) is 0 Å². The molecule has 3 nitrogen and oxygen atoms in total. The number of nitrogens with zero attached hydrogens (tertiary/aromatic N) is 1. The van der Waals surface area contributed by atoms with E-state index >= 15 is 0 Å². The van der Waals surface area contributed by atoms with E-state index in [9.17, 15) is 8.42 Å². The van der Waals surface area contributed by atoms with E-state index in [1.165, 1.54) is 0 Å². The summed E-state index contributed by atoms with van der Waals surface area (Å²) < 4.78 is 23.2. The van der Waals surface area contributed by atoms with Crippen molar-refractivity contribution < 1.29 is 8.42 Å². The lowest BCUT2D eigenvalue weighted by atomic mass is 10.1. The highest BCUT2D eigenvalue weighted by atomic mass is 79.9. The van der Waals surface area contributed by atoms with Crippen molar-refractivity contribution in [1.29, 1.82) is 0 Å². The molecule has 0 atom stereocenters. The Labute approximate surface area is 121 Å². The Bertz CT molecular complexity index is 667. The van der Waals surface area contributed by atoms with Crippen LogP contribution in [0.2, 0.25) is 5.02 Å². The largest absolute Gasteiger partial charge is 0.238 e. The maximum atomic E-state index is 11.2. The van der Waals surface area contributed by atoms with Crippen LogP contribution in [-0.4, -0.2) is 19.0 Å². The fourth-order valence-electron chi connectivity index (χ4n) is 1.35. The summed E-state index contributed by atoms with van der Waals surface area (Å²) in [6.45, 7) is 0. The molecule has 0 spiro atoms. The van der Waals surface area contributed by atoms with E-state index in [1.54, 1.807) is 24.3 Å². The zero-order chi connectivity index (χ0) is 12.6. The molecule has 0 unspecified atom stereocenters. The van der Waals surface area contributed by atoms with Crippen LogP contribution in [0.5, 0.6) is 0 Å². The standard InChI is InChI=1S/C10H4Br2ClNO2S/c11-7-9(17(15)16)8(14-10(7)12)5-1-3-6(13)4-2-5/h1-4H. The van der Waals surface area contributed by atoms with Gasteiger partial charge in [0, 0.05) is 10.6 Å². The van der Waals surface area contributed by atoms with Crippen molar-refractivity contribution in [3.8, 4) is 0 Å². The van der Waals surface area contributed by atoms with Gasteiger partial charge >= 0.3 is 0 Å². The van der Waals surface area contributed by atoms with Gasteiger partial charge < -0.3 is 0 Å². The van der Waals surface area contributed by atoms with E-state index in [0.717, 1.165) is 0 Å². The molecule has 1 aliphatic rings. The van der Waals surface area contributed by atoms with Gasteiger partial charge in [0.05, 0.1) is 10.2 Å². The van der Waals surface area contributed by atoms with Crippen LogP contribution in [0.4, 0.5) is 0 Å². The summed E-state index contributed by atoms with van der Waals surface area (Å²) in [5, 5.41) is 0.586. The minimum atomic E-state index is -2.36. The molecule has 0 saturated carbocycles. The van der Waals surface area contributed by atoms with E-state index in [-0.39, 0.29) is 4.86 Å².